The first-order valence-electron chi connectivity index (χ1n) is 31.2. The van der Waals surface area contributed by atoms with E-state index in [1.54, 1.807) is 13.8 Å². The minimum absolute atomic E-state index is 0.143. The fraction of sp³-hybridized carbons (Fsp3) is 0.618. The number of rotatable bonds is 50. The molecule has 0 aliphatic carbocycles. The highest BCUT2D eigenvalue weighted by molar-refractivity contribution is 5.92. The Bertz CT molecular complexity index is 2090. The maximum absolute atomic E-state index is 15.1. The SMILES string of the molecule is C=C(C)C(=O)OCCCCCCCCCCCCCCCCCCCCOc1ccc(C(=O)Oc2c(F)c(F)c(OC(=O)c3ccc(OCCCCCCCCCCCCCCCCCCCCOC(=O)C(=C)C)cc3)c(F)c2F)cc1. The number of carbonyl (C=O) groups is 4. The zero-order valence-corrected chi connectivity index (χ0v) is 49.9. The summed E-state index contributed by atoms with van der Waals surface area (Å²) in [5.74, 6) is -13.6. The summed E-state index contributed by atoms with van der Waals surface area (Å²) < 4.78 is 91.7. The summed E-state index contributed by atoms with van der Waals surface area (Å²) in [7, 11) is 0. The van der Waals surface area contributed by atoms with Crippen LogP contribution in [0.4, 0.5) is 17.6 Å². The summed E-state index contributed by atoms with van der Waals surface area (Å²) in [6.45, 7) is 12.4. The van der Waals surface area contributed by atoms with Crippen LogP contribution >= 0.6 is 0 Å². The van der Waals surface area contributed by atoms with Crippen molar-refractivity contribution in [3.05, 3.63) is 107 Å². The Hall–Kier alpha value is -5.66. The topological polar surface area (TPSA) is 124 Å². The summed E-state index contributed by atoms with van der Waals surface area (Å²) in [5.41, 5.74) is 0.614. The lowest BCUT2D eigenvalue weighted by Gasteiger charge is -2.13. The Morgan fingerprint density at radius 1 is 0.317 bits per heavy atom. The average Bonchev–Trinajstić information content (AvgIpc) is 3.65. The van der Waals surface area contributed by atoms with Gasteiger partial charge >= 0.3 is 23.9 Å². The van der Waals surface area contributed by atoms with Crippen molar-refractivity contribution in [1.82, 2.24) is 0 Å². The Balaban J connectivity index is 1.17. The van der Waals surface area contributed by atoms with Crippen LogP contribution in [-0.4, -0.2) is 50.3 Å². The van der Waals surface area contributed by atoms with Crippen molar-refractivity contribution in [2.24, 2.45) is 0 Å². The molecule has 0 saturated carbocycles. The zero-order chi connectivity index (χ0) is 59.4. The highest BCUT2D eigenvalue weighted by Gasteiger charge is 2.31. The molecule has 0 fully saturated rings. The van der Waals surface area contributed by atoms with Crippen LogP contribution in [0.5, 0.6) is 23.0 Å². The van der Waals surface area contributed by atoms with Gasteiger partial charge in [-0.05, 0) is 88.1 Å². The van der Waals surface area contributed by atoms with Crippen molar-refractivity contribution in [2.75, 3.05) is 26.4 Å². The van der Waals surface area contributed by atoms with Gasteiger partial charge in [-0.25, -0.2) is 19.2 Å². The molecule has 0 aliphatic rings. The molecule has 10 nitrogen and oxygen atoms in total. The molecule has 0 amide bonds. The van der Waals surface area contributed by atoms with E-state index in [9.17, 15) is 19.2 Å². The monoisotopic (exact) mass is 1150 g/mol. The Morgan fingerprint density at radius 3 is 0.720 bits per heavy atom. The molecule has 3 rings (SSSR count). The minimum atomic E-state index is -2.04. The predicted molar refractivity (Wildman–Crippen MR) is 318 cm³/mol. The summed E-state index contributed by atoms with van der Waals surface area (Å²) in [6, 6.07) is 11.2. The van der Waals surface area contributed by atoms with Crippen molar-refractivity contribution >= 4 is 23.9 Å². The van der Waals surface area contributed by atoms with E-state index in [-0.39, 0.29) is 23.1 Å². The molecule has 3 aromatic rings. The summed E-state index contributed by atoms with van der Waals surface area (Å²) in [4.78, 5) is 48.3. The number of ether oxygens (including phenoxy) is 6. The van der Waals surface area contributed by atoms with Gasteiger partial charge < -0.3 is 28.4 Å². The van der Waals surface area contributed by atoms with Gasteiger partial charge in [-0.2, -0.15) is 17.6 Å². The van der Waals surface area contributed by atoms with Gasteiger partial charge in [-0.3, -0.25) is 0 Å². The summed E-state index contributed by atoms with van der Waals surface area (Å²) >= 11 is 0. The molecular formula is C68H98F4O10. The maximum Gasteiger partial charge on any atom is 0.343 e. The first-order valence-corrected chi connectivity index (χ1v) is 31.2. The van der Waals surface area contributed by atoms with Crippen molar-refractivity contribution in [3.8, 4) is 23.0 Å². The molecule has 458 valence electrons. The highest BCUT2D eigenvalue weighted by Crippen LogP contribution is 2.36. The Labute approximate surface area is 488 Å². The van der Waals surface area contributed by atoms with E-state index in [4.69, 9.17) is 28.4 Å². The molecule has 14 heteroatoms. The second-order valence-corrected chi connectivity index (χ2v) is 22.0. The van der Waals surface area contributed by atoms with E-state index in [2.05, 4.69) is 13.2 Å². The second kappa shape index (κ2) is 44.9. The molecule has 0 unspecified atom stereocenters. The average molecular weight is 1150 g/mol. The van der Waals surface area contributed by atoms with Crippen LogP contribution in [-0.2, 0) is 19.1 Å². The van der Waals surface area contributed by atoms with Crippen molar-refractivity contribution in [1.29, 1.82) is 0 Å². The van der Waals surface area contributed by atoms with Crippen LogP contribution in [0.1, 0.15) is 266 Å². The van der Waals surface area contributed by atoms with Crippen LogP contribution in [0.15, 0.2) is 72.8 Å². The number of halogens is 4. The lowest BCUT2D eigenvalue weighted by molar-refractivity contribution is -0.139. The molecule has 82 heavy (non-hydrogen) atoms. The highest BCUT2D eigenvalue weighted by atomic mass is 19.2. The number of benzene rings is 3. The molecule has 0 aromatic heterocycles. The second-order valence-electron chi connectivity index (χ2n) is 22.0. The van der Waals surface area contributed by atoms with E-state index in [0.29, 0.717) is 49.1 Å². The summed E-state index contributed by atoms with van der Waals surface area (Å²) in [5, 5.41) is 0. The molecule has 0 heterocycles. The molecule has 3 aromatic carbocycles. The standard InChI is InChI=1S/C68H98F4O10/c1-53(2)65(73)79-51-39-35-31-27-23-19-15-11-7-5-9-13-17-21-25-29-33-37-49-77-57-45-41-55(42-46-57)67(75)81-63-59(69)61(71)64(62(72)60(63)70)82-68(76)56-43-47-58(48-44-56)78-50-38-34-30-26-22-18-14-10-6-8-12-16-20-24-28-32-36-40-52-80-66(74)54(3)4/h41-48H,1,3,5-40,49-52H2,2,4H3. The van der Waals surface area contributed by atoms with Crippen LogP contribution in [0, 0.1) is 23.3 Å². The first kappa shape index (κ1) is 70.6. The van der Waals surface area contributed by atoms with Crippen LogP contribution in [0.2, 0.25) is 0 Å². The van der Waals surface area contributed by atoms with Gasteiger partial charge in [0.05, 0.1) is 37.6 Å². The van der Waals surface area contributed by atoms with Crippen molar-refractivity contribution < 1.29 is 65.2 Å². The van der Waals surface area contributed by atoms with Crippen molar-refractivity contribution in [2.45, 2.75) is 245 Å². The van der Waals surface area contributed by atoms with Gasteiger partial charge in [0.2, 0.25) is 34.8 Å². The van der Waals surface area contributed by atoms with E-state index < -0.39 is 46.7 Å². The zero-order valence-electron chi connectivity index (χ0n) is 49.9. The third-order valence-electron chi connectivity index (χ3n) is 14.5. The molecule has 0 spiro atoms. The number of esters is 4. The minimum Gasteiger partial charge on any atom is -0.494 e. The largest absolute Gasteiger partial charge is 0.494 e. The number of hydrogen-bond acceptors (Lipinski definition) is 10. The molecule has 0 bridgehead atoms. The number of unbranched alkanes of at least 4 members (excludes halogenated alkanes) is 34. The smallest absolute Gasteiger partial charge is 0.343 e. The molecule has 0 saturated heterocycles. The van der Waals surface area contributed by atoms with E-state index >= 15 is 17.6 Å². The first-order chi connectivity index (χ1) is 39.8. The normalized spacial score (nSPS) is 11.1. The van der Waals surface area contributed by atoms with Gasteiger partial charge in [0.25, 0.3) is 0 Å². The quantitative estimate of drug-likeness (QED) is 0.0135. The lowest BCUT2D eigenvalue weighted by atomic mass is 10.0. The molecule has 0 atom stereocenters. The predicted octanol–water partition coefficient (Wildman–Crippen LogP) is 19.7. The van der Waals surface area contributed by atoms with E-state index in [1.807, 2.05) is 0 Å². The number of carbonyl (C=O) groups excluding carboxylic acids is 4. The van der Waals surface area contributed by atoms with Crippen LogP contribution < -0.4 is 18.9 Å². The van der Waals surface area contributed by atoms with Crippen molar-refractivity contribution in [3.63, 3.8) is 0 Å². The molecular weight excluding hydrogens is 1050 g/mol. The fourth-order valence-corrected chi connectivity index (χ4v) is 9.47. The van der Waals surface area contributed by atoms with Gasteiger partial charge in [0.1, 0.15) is 11.5 Å². The Kier molecular flexibility index (Phi) is 38.6. The molecule has 0 radical (unpaired) electrons. The lowest BCUT2D eigenvalue weighted by Crippen LogP contribution is -2.16. The fourth-order valence-electron chi connectivity index (χ4n) is 9.47. The molecule has 0 N–H and O–H groups in total. The van der Waals surface area contributed by atoms with Gasteiger partial charge in [0, 0.05) is 11.1 Å². The number of hydrogen-bond donors (Lipinski definition) is 0. The van der Waals surface area contributed by atoms with Gasteiger partial charge in [0.15, 0.2) is 0 Å². The molecule has 0 aliphatic heterocycles. The summed E-state index contributed by atoms with van der Waals surface area (Å²) in [6.07, 6.45) is 43.0. The third kappa shape index (κ3) is 31.7. The van der Waals surface area contributed by atoms with Crippen LogP contribution in [0.25, 0.3) is 0 Å². The van der Waals surface area contributed by atoms with Gasteiger partial charge in [-0.15, -0.1) is 0 Å². The van der Waals surface area contributed by atoms with E-state index in [1.165, 1.54) is 215 Å². The maximum atomic E-state index is 15.1. The third-order valence-corrected chi connectivity index (χ3v) is 14.5. The van der Waals surface area contributed by atoms with E-state index in [0.717, 1.165) is 64.2 Å². The Morgan fingerprint density at radius 2 is 0.512 bits per heavy atom. The van der Waals surface area contributed by atoms with Crippen LogP contribution in [0.3, 0.4) is 0 Å². The van der Waals surface area contributed by atoms with Gasteiger partial charge in [-0.1, -0.05) is 219 Å².